The zero-order valence-electron chi connectivity index (χ0n) is 13.4. The summed E-state index contributed by atoms with van der Waals surface area (Å²) in [6, 6.07) is 9.37. The van der Waals surface area contributed by atoms with Gasteiger partial charge in [-0.3, -0.25) is 5.32 Å². The lowest BCUT2D eigenvalue weighted by Crippen LogP contribution is -2.39. The largest absolute Gasteiger partial charge is 0.377 e. The lowest BCUT2D eigenvalue weighted by molar-refractivity contribution is 0.0718. The lowest BCUT2D eigenvalue weighted by atomic mass is 10.1. The molecule has 2 amide bonds. The van der Waals surface area contributed by atoms with Crippen LogP contribution in [0.5, 0.6) is 0 Å². The molecule has 6 nitrogen and oxygen atoms in total. The van der Waals surface area contributed by atoms with Crippen LogP contribution in [0.25, 0.3) is 11.3 Å². The third-order valence-electron chi connectivity index (χ3n) is 3.79. The van der Waals surface area contributed by atoms with Crippen molar-refractivity contribution >= 4 is 11.8 Å². The normalized spacial score (nSPS) is 18.1. The number of carbonyl (C=O) groups excluding carboxylic acids is 1. The first-order valence-corrected chi connectivity index (χ1v) is 7.89. The Kier molecular flexibility index (Phi) is 5.00. The molecule has 0 spiro atoms. The third-order valence-corrected chi connectivity index (χ3v) is 3.79. The quantitative estimate of drug-likeness (QED) is 0.919. The summed E-state index contributed by atoms with van der Waals surface area (Å²) in [6.07, 6.45) is 0.808. The van der Waals surface area contributed by atoms with Crippen molar-refractivity contribution in [2.24, 2.45) is 0 Å². The van der Waals surface area contributed by atoms with Gasteiger partial charge in [0.15, 0.2) is 5.82 Å². The highest BCUT2D eigenvalue weighted by Gasteiger charge is 2.20. The van der Waals surface area contributed by atoms with Crippen molar-refractivity contribution in [1.29, 1.82) is 0 Å². The minimum Gasteiger partial charge on any atom is -0.377 e. The monoisotopic (exact) mass is 330 g/mol. The fourth-order valence-corrected chi connectivity index (χ4v) is 2.58. The highest BCUT2D eigenvalue weighted by Crippen LogP contribution is 2.20. The van der Waals surface area contributed by atoms with Crippen LogP contribution in [0.15, 0.2) is 36.4 Å². The zero-order valence-corrected chi connectivity index (χ0v) is 13.4. The van der Waals surface area contributed by atoms with Gasteiger partial charge in [0.1, 0.15) is 5.82 Å². The van der Waals surface area contributed by atoms with E-state index < -0.39 is 0 Å². The Morgan fingerprint density at radius 3 is 2.88 bits per heavy atom. The Balaban J connectivity index is 1.68. The summed E-state index contributed by atoms with van der Waals surface area (Å²) in [5.74, 6) is -0.0277. The number of carbonyl (C=O) groups is 1. The highest BCUT2D eigenvalue weighted by molar-refractivity contribution is 5.88. The average molecular weight is 330 g/mol. The van der Waals surface area contributed by atoms with E-state index in [0.29, 0.717) is 36.8 Å². The first-order valence-electron chi connectivity index (χ1n) is 7.89. The van der Waals surface area contributed by atoms with Crippen molar-refractivity contribution in [3.8, 4) is 11.3 Å². The zero-order chi connectivity index (χ0) is 16.9. The second-order valence-electron chi connectivity index (χ2n) is 5.69. The maximum atomic E-state index is 13.7. The molecule has 1 saturated heterocycles. The molecule has 0 saturated carbocycles. The number of aromatic nitrogens is 2. The molecule has 3 rings (SSSR count). The molecular weight excluding hydrogens is 311 g/mol. The van der Waals surface area contributed by atoms with Crippen LogP contribution in [0.3, 0.4) is 0 Å². The molecule has 1 unspecified atom stereocenters. The number of benzene rings is 1. The van der Waals surface area contributed by atoms with E-state index in [1.54, 1.807) is 35.2 Å². The van der Waals surface area contributed by atoms with Crippen LogP contribution in [0, 0.1) is 5.82 Å². The molecule has 0 radical (unpaired) electrons. The van der Waals surface area contributed by atoms with Crippen LogP contribution in [0.2, 0.25) is 0 Å². The molecule has 1 aliphatic heterocycles. The number of urea groups is 1. The fraction of sp³-hybridized carbons (Fsp3) is 0.353. The Labute approximate surface area is 139 Å². The second kappa shape index (κ2) is 7.35. The average Bonchev–Trinajstić information content (AvgIpc) is 2.81. The number of rotatable bonds is 2. The van der Waals surface area contributed by atoms with Gasteiger partial charge < -0.3 is 9.64 Å². The van der Waals surface area contributed by atoms with Crippen LogP contribution in [-0.4, -0.2) is 46.9 Å². The Bertz CT molecular complexity index is 708. The highest BCUT2D eigenvalue weighted by atomic mass is 19.1. The van der Waals surface area contributed by atoms with Gasteiger partial charge >= 0.3 is 6.03 Å². The molecule has 2 heterocycles. The summed E-state index contributed by atoms with van der Waals surface area (Å²) in [5, 5.41) is 10.7. The second-order valence-corrected chi connectivity index (χ2v) is 5.69. The van der Waals surface area contributed by atoms with Gasteiger partial charge in [-0.1, -0.05) is 12.1 Å². The molecule has 1 atom stereocenters. The first kappa shape index (κ1) is 16.3. The van der Waals surface area contributed by atoms with Gasteiger partial charge in [0.2, 0.25) is 0 Å². The van der Waals surface area contributed by atoms with Gasteiger partial charge in [0.05, 0.1) is 11.8 Å². The number of hydrogen-bond acceptors (Lipinski definition) is 4. The van der Waals surface area contributed by atoms with E-state index in [9.17, 15) is 9.18 Å². The molecule has 0 bridgehead atoms. The van der Waals surface area contributed by atoms with Crippen LogP contribution < -0.4 is 5.32 Å². The molecular formula is C17H19FN4O2. The minimum atomic E-state index is -0.359. The van der Waals surface area contributed by atoms with Crippen LogP contribution in [0.1, 0.15) is 13.3 Å². The van der Waals surface area contributed by atoms with E-state index in [0.717, 1.165) is 6.42 Å². The Morgan fingerprint density at radius 1 is 1.29 bits per heavy atom. The SMILES string of the molecule is CC1CN(C(=O)Nc2ccc(-c3ccccc3F)nn2)CCCO1. The Hall–Kier alpha value is -2.54. The van der Waals surface area contributed by atoms with E-state index in [-0.39, 0.29) is 18.0 Å². The minimum absolute atomic E-state index is 0.00719. The van der Waals surface area contributed by atoms with Gasteiger partial charge in [-0.15, -0.1) is 10.2 Å². The van der Waals surface area contributed by atoms with Crippen LogP contribution >= 0.6 is 0 Å². The van der Waals surface area contributed by atoms with Crippen molar-refractivity contribution < 1.29 is 13.9 Å². The number of nitrogens with one attached hydrogen (secondary N) is 1. The molecule has 126 valence electrons. The first-order chi connectivity index (χ1) is 11.6. The number of amides is 2. The molecule has 1 aliphatic rings. The van der Waals surface area contributed by atoms with E-state index in [1.165, 1.54) is 6.07 Å². The molecule has 1 aromatic carbocycles. The number of hydrogen-bond donors (Lipinski definition) is 1. The van der Waals surface area contributed by atoms with Crippen molar-refractivity contribution in [2.75, 3.05) is 25.0 Å². The summed E-state index contributed by atoms with van der Waals surface area (Å²) >= 11 is 0. The smallest absolute Gasteiger partial charge is 0.323 e. The lowest BCUT2D eigenvalue weighted by Gasteiger charge is -2.22. The van der Waals surface area contributed by atoms with Gasteiger partial charge in [-0.05, 0) is 37.6 Å². The van der Waals surface area contributed by atoms with Crippen LogP contribution in [0.4, 0.5) is 15.0 Å². The topological polar surface area (TPSA) is 67.4 Å². The number of anilines is 1. The van der Waals surface area contributed by atoms with Crippen molar-refractivity contribution in [3.63, 3.8) is 0 Å². The van der Waals surface area contributed by atoms with E-state index in [1.807, 2.05) is 6.92 Å². The fourth-order valence-electron chi connectivity index (χ4n) is 2.58. The molecule has 0 aliphatic carbocycles. The standard InChI is InChI=1S/C17H19FN4O2/c1-12-11-22(9-4-10-24-12)17(23)19-16-8-7-15(20-21-16)13-5-2-3-6-14(13)18/h2-3,5-8,12H,4,9-11H2,1H3,(H,19,21,23). The van der Waals surface area contributed by atoms with E-state index in [2.05, 4.69) is 15.5 Å². The summed E-state index contributed by atoms with van der Waals surface area (Å²) in [5.41, 5.74) is 0.796. The maximum absolute atomic E-state index is 13.7. The molecule has 2 aromatic rings. The van der Waals surface area contributed by atoms with Crippen molar-refractivity contribution in [3.05, 3.63) is 42.2 Å². The third kappa shape index (κ3) is 3.86. The van der Waals surface area contributed by atoms with E-state index in [4.69, 9.17) is 4.74 Å². The van der Waals surface area contributed by atoms with Crippen molar-refractivity contribution in [2.45, 2.75) is 19.4 Å². The van der Waals surface area contributed by atoms with Crippen LogP contribution in [-0.2, 0) is 4.74 Å². The number of nitrogens with zero attached hydrogens (tertiary/aromatic N) is 3. The van der Waals surface area contributed by atoms with Gasteiger partial charge in [0.25, 0.3) is 0 Å². The van der Waals surface area contributed by atoms with E-state index >= 15 is 0 Å². The maximum Gasteiger partial charge on any atom is 0.323 e. The summed E-state index contributed by atoms with van der Waals surface area (Å²) in [7, 11) is 0. The molecule has 24 heavy (non-hydrogen) atoms. The summed E-state index contributed by atoms with van der Waals surface area (Å²) in [6.45, 7) is 3.76. The number of halogens is 1. The molecule has 1 aromatic heterocycles. The predicted molar refractivity (Wildman–Crippen MR) is 88.0 cm³/mol. The Morgan fingerprint density at radius 2 is 2.12 bits per heavy atom. The van der Waals surface area contributed by atoms with Gasteiger partial charge in [-0.2, -0.15) is 0 Å². The molecule has 1 fully saturated rings. The molecule has 1 N–H and O–H groups in total. The van der Waals surface area contributed by atoms with Gasteiger partial charge in [-0.25, -0.2) is 9.18 Å². The summed E-state index contributed by atoms with van der Waals surface area (Å²) < 4.78 is 19.3. The molecule has 7 heteroatoms. The van der Waals surface area contributed by atoms with Crippen molar-refractivity contribution in [1.82, 2.24) is 15.1 Å². The summed E-state index contributed by atoms with van der Waals surface area (Å²) in [4.78, 5) is 14.0. The van der Waals surface area contributed by atoms with Gasteiger partial charge in [0, 0.05) is 25.3 Å². The predicted octanol–water partition coefficient (Wildman–Crippen LogP) is 2.93. The number of ether oxygens (including phenoxy) is 1.